The van der Waals surface area contributed by atoms with Crippen molar-refractivity contribution < 1.29 is 33.3 Å². The number of hydrogen-bond acceptors (Lipinski definition) is 7. The van der Waals surface area contributed by atoms with Crippen molar-refractivity contribution in [3.8, 4) is 23.0 Å². The van der Waals surface area contributed by atoms with Gasteiger partial charge in [0.2, 0.25) is 25.4 Å². The Morgan fingerprint density at radius 3 is 1.50 bits per heavy atom. The van der Waals surface area contributed by atoms with Crippen LogP contribution in [0, 0.1) is 11.8 Å². The first-order chi connectivity index (χ1) is 24.5. The van der Waals surface area contributed by atoms with Gasteiger partial charge in [0.1, 0.15) is 0 Å². The molecular weight excluding hydrogens is 698 g/mol. The number of amides is 2. The molecule has 0 radical (unpaired) electrons. The number of Topliss-reactive ketones (excluding diaryl/α,β-unsaturated/α-hetero) is 1. The van der Waals surface area contributed by atoms with E-state index >= 15 is 14.4 Å². The molecule has 1 saturated carbocycles. The lowest BCUT2D eigenvalue weighted by Crippen LogP contribution is -2.45. The molecule has 9 heteroatoms. The molecule has 2 amide bonds. The average molecular weight is 725 g/mol. The molecular formula is C41H26BrNO7. The molecule has 5 aromatic rings. The monoisotopic (exact) mass is 723 g/mol. The Morgan fingerprint density at radius 2 is 1.02 bits per heavy atom. The SMILES string of the molecule is O=C1[C@@H]2[C@@H](C(=O)N1c1cccc(Br)c1)[C@]1(c3ccccc3)C(=O)[C@@]2(c2ccccc2)C(c2ccc3c(c2)OCO3)=C1c1ccc2c(c1)OCO2. The summed E-state index contributed by atoms with van der Waals surface area (Å²) in [5.41, 5.74) is 1.27. The van der Waals surface area contributed by atoms with Crippen LogP contribution in [0.15, 0.2) is 126 Å². The van der Waals surface area contributed by atoms with Crippen LogP contribution in [0.25, 0.3) is 11.1 Å². The van der Waals surface area contributed by atoms with Crippen LogP contribution < -0.4 is 23.8 Å². The van der Waals surface area contributed by atoms with E-state index in [4.69, 9.17) is 18.9 Å². The standard InChI is InChI=1S/C41H26BrNO7/c42-27-12-7-13-28(20-27)43-37(44)35-36(38(43)45)41(26-10-5-2-6-11-26)34(24-15-17-30-32(19-24)50-22-48-30)33(23-14-16-29-31(18-23)49-21-47-29)40(35,39(41)46)25-8-3-1-4-9-25/h1-20,35-36H,21-22H2/t35-,36-,40-,41+/m0/s1. The highest BCUT2D eigenvalue weighted by atomic mass is 79.9. The van der Waals surface area contributed by atoms with Crippen LogP contribution in [-0.4, -0.2) is 31.2 Å². The second-order valence-corrected chi connectivity index (χ2v) is 13.9. The molecule has 1 saturated heterocycles. The zero-order chi connectivity index (χ0) is 33.8. The molecule has 2 bridgehead atoms. The zero-order valence-electron chi connectivity index (χ0n) is 26.3. The molecule has 50 heavy (non-hydrogen) atoms. The van der Waals surface area contributed by atoms with Gasteiger partial charge in [-0.15, -0.1) is 0 Å². The third kappa shape index (κ3) is 3.57. The normalized spacial score (nSPS) is 25.5. The molecule has 0 spiro atoms. The molecule has 2 fully saturated rings. The number of benzene rings is 5. The van der Waals surface area contributed by atoms with Gasteiger partial charge in [-0.3, -0.25) is 14.4 Å². The molecule has 244 valence electrons. The van der Waals surface area contributed by atoms with E-state index in [9.17, 15) is 0 Å². The first kappa shape index (κ1) is 29.3. The van der Waals surface area contributed by atoms with Crippen LogP contribution in [0.3, 0.4) is 0 Å². The van der Waals surface area contributed by atoms with Gasteiger partial charge in [0.25, 0.3) is 0 Å². The molecule has 4 atom stereocenters. The predicted octanol–water partition coefficient (Wildman–Crippen LogP) is 7.10. The van der Waals surface area contributed by atoms with Crippen molar-refractivity contribution in [3.05, 3.63) is 148 Å². The smallest absolute Gasteiger partial charge is 0.239 e. The second kappa shape index (κ2) is 10.4. The highest BCUT2D eigenvalue weighted by molar-refractivity contribution is 9.10. The highest BCUT2D eigenvalue weighted by Crippen LogP contribution is 2.74. The Kier molecular flexibility index (Phi) is 6.10. The molecule has 8 nitrogen and oxygen atoms in total. The summed E-state index contributed by atoms with van der Waals surface area (Å²) in [4.78, 5) is 47.8. The van der Waals surface area contributed by atoms with Crippen molar-refractivity contribution in [2.24, 2.45) is 11.8 Å². The summed E-state index contributed by atoms with van der Waals surface area (Å²) in [6.07, 6.45) is 0. The maximum absolute atomic E-state index is 16.2. The van der Waals surface area contributed by atoms with Crippen molar-refractivity contribution in [2.45, 2.75) is 10.8 Å². The Labute approximate surface area is 295 Å². The largest absolute Gasteiger partial charge is 0.454 e. The summed E-state index contributed by atoms with van der Waals surface area (Å²) in [5.74, 6) is -0.913. The first-order valence-electron chi connectivity index (χ1n) is 16.3. The van der Waals surface area contributed by atoms with E-state index in [2.05, 4.69) is 15.9 Å². The molecule has 10 rings (SSSR count). The van der Waals surface area contributed by atoms with Gasteiger partial charge in [-0.2, -0.15) is 0 Å². The number of carbonyl (C=O) groups is 3. The zero-order valence-corrected chi connectivity index (χ0v) is 27.9. The Morgan fingerprint density at radius 1 is 0.540 bits per heavy atom. The Balaban J connectivity index is 1.37. The predicted molar refractivity (Wildman–Crippen MR) is 187 cm³/mol. The molecule has 0 aromatic heterocycles. The van der Waals surface area contributed by atoms with Gasteiger partial charge >= 0.3 is 0 Å². The number of ketones is 1. The van der Waals surface area contributed by atoms with Crippen LogP contribution in [0.1, 0.15) is 22.3 Å². The van der Waals surface area contributed by atoms with Crippen LogP contribution in [-0.2, 0) is 25.2 Å². The molecule has 3 heterocycles. The number of anilines is 1. The molecule has 3 aliphatic heterocycles. The van der Waals surface area contributed by atoms with Crippen LogP contribution in [0.4, 0.5) is 5.69 Å². The quantitative estimate of drug-likeness (QED) is 0.179. The lowest BCUT2D eigenvalue weighted by Gasteiger charge is -2.39. The minimum Gasteiger partial charge on any atom is -0.454 e. The number of halogens is 1. The lowest BCUT2D eigenvalue weighted by atomic mass is 9.59. The third-order valence-corrected chi connectivity index (χ3v) is 11.3. The van der Waals surface area contributed by atoms with Crippen molar-refractivity contribution in [1.82, 2.24) is 0 Å². The van der Waals surface area contributed by atoms with E-state index in [0.717, 1.165) is 4.47 Å². The van der Waals surface area contributed by atoms with Gasteiger partial charge in [-0.05, 0) is 75.9 Å². The number of carbonyl (C=O) groups excluding carboxylic acids is 3. The number of ether oxygens (including phenoxy) is 4. The molecule has 2 aliphatic carbocycles. The molecule has 0 N–H and O–H groups in total. The summed E-state index contributed by atoms with van der Waals surface area (Å²) in [5, 5.41) is 0. The maximum atomic E-state index is 16.2. The fraction of sp³-hybridized carbons (Fsp3) is 0.146. The minimum absolute atomic E-state index is 0.0723. The molecule has 5 aliphatic rings. The van der Waals surface area contributed by atoms with E-state index in [1.54, 1.807) is 18.2 Å². The van der Waals surface area contributed by atoms with Gasteiger partial charge in [0.05, 0.1) is 28.4 Å². The number of allylic oxidation sites excluding steroid dienone is 2. The van der Waals surface area contributed by atoms with Crippen LogP contribution in [0.2, 0.25) is 0 Å². The topological polar surface area (TPSA) is 91.4 Å². The van der Waals surface area contributed by atoms with Crippen LogP contribution in [0.5, 0.6) is 23.0 Å². The molecule has 0 unspecified atom stereocenters. The van der Waals surface area contributed by atoms with Crippen molar-refractivity contribution in [3.63, 3.8) is 0 Å². The minimum atomic E-state index is -1.56. The van der Waals surface area contributed by atoms with E-state index in [1.807, 2.05) is 103 Å². The fourth-order valence-electron chi connectivity index (χ4n) is 9.10. The van der Waals surface area contributed by atoms with E-state index in [1.165, 1.54) is 4.90 Å². The van der Waals surface area contributed by atoms with Gasteiger partial charge in [0.15, 0.2) is 28.8 Å². The Bertz CT molecular complexity index is 2200. The third-order valence-electron chi connectivity index (χ3n) is 10.8. The summed E-state index contributed by atoms with van der Waals surface area (Å²) >= 11 is 3.52. The van der Waals surface area contributed by atoms with Crippen molar-refractivity contribution in [1.29, 1.82) is 0 Å². The number of imide groups is 1. The van der Waals surface area contributed by atoms with Crippen LogP contribution >= 0.6 is 15.9 Å². The Hall–Kier alpha value is -5.67. The summed E-state index contributed by atoms with van der Waals surface area (Å²) < 4.78 is 23.8. The van der Waals surface area contributed by atoms with Gasteiger partial charge in [-0.1, -0.05) is 94.8 Å². The number of nitrogens with zero attached hydrogens (tertiary/aromatic N) is 1. The highest BCUT2D eigenvalue weighted by Gasteiger charge is 2.82. The molecule has 5 aromatic carbocycles. The second-order valence-electron chi connectivity index (χ2n) is 13.0. The van der Waals surface area contributed by atoms with E-state index in [-0.39, 0.29) is 19.4 Å². The van der Waals surface area contributed by atoms with Gasteiger partial charge < -0.3 is 18.9 Å². The van der Waals surface area contributed by atoms with Crippen molar-refractivity contribution >= 4 is 50.4 Å². The number of hydrogen-bond donors (Lipinski definition) is 0. The maximum Gasteiger partial charge on any atom is 0.239 e. The lowest BCUT2D eigenvalue weighted by molar-refractivity contribution is -0.130. The average Bonchev–Trinajstić information content (AvgIpc) is 3.95. The number of fused-ring (bicyclic) bond motifs is 7. The van der Waals surface area contributed by atoms with E-state index < -0.39 is 34.5 Å². The van der Waals surface area contributed by atoms with Crippen molar-refractivity contribution in [2.75, 3.05) is 18.5 Å². The van der Waals surface area contributed by atoms with Gasteiger partial charge in [-0.25, -0.2) is 4.90 Å². The van der Waals surface area contributed by atoms with E-state index in [0.29, 0.717) is 62.1 Å². The first-order valence-corrected chi connectivity index (χ1v) is 17.1. The summed E-state index contributed by atoms with van der Waals surface area (Å²) in [6.45, 7) is 0.145. The summed E-state index contributed by atoms with van der Waals surface area (Å²) in [6, 6.07) is 37.2. The number of rotatable bonds is 5. The summed E-state index contributed by atoms with van der Waals surface area (Å²) in [7, 11) is 0. The fourth-order valence-corrected chi connectivity index (χ4v) is 9.49. The van der Waals surface area contributed by atoms with Gasteiger partial charge in [0, 0.05) is 4.47 Å².